The number of tetrazole rings is 1. The second kappa shape index (κ2) is 10.7. The van der Waals surface area contributed by atoms with Gasteiger partial charge in [-0.05, 0) is 42.0 Å². The number of carbonyl (C=O) groups is 1. The van der Waals surface area contributed by atoms with Gasteiger partial charge in [0, 0.05) is 48.9 Å². The van der Waals surface area contributed by atoms with Gasteiger partial charge in [-0.25, -0.2) is 19.7 Å². The molecule has 0 saturated heterocycles. The highest BCUT2D eigenvalue weighted by Crippen LogP contribution is 2.32. The van der Waals surface area contributed by atoms with E-state index in [0.29, 0.717) is 54.5 Å². The zero-order valence-corrected chi connectivity index (χ0v) is 22.3. The number of fused-ring (bicyclic) bond motifs is 1. The molecule has 1 atom stereocenters. The van der Waals surface area contributed by atoms with Crippen LogP contribution in [0.5, 0.6) is 5.88 Å². The van der Waals surface area contributed by atoms with Gasteiger partial charge in [0.2, 0.25) is 5.88 Å². The van der Waals surface area contributed by atoms with E-state index in [1.165, 1.54) is 12.4 Å². The molecule has 14 heteroatoms. The number of methoxy groups -OCH3 is 1. The molecule has 0 saturated carbocycles. The molecule has 0 aliphatic carbocycles. The van der Waals surface area contributed by atoms with E-state index in [4.69, 9.17) is 20.2 Å². The van der Waals surface area contributed by atoms with Gasteiger partial charge in [-0.1, -0.05) is 11.6 Å². The molecule has 1 aliphatic heterocycles. The van der Waals surface area contributed by atoms with Crippen molar-refractivity contribution in [1.29, 1.82) is 0 Å². The lowest BCUT2D eigenvalue weighted by atomic mass is 10.1. The van der Waals surface area contributed by atoms with Crippen molar-refractivity contribution in [3.8, 4) is 34.1 Å². The second-order valence-electron chi connectivity index (χ2n) is 9.63. The number of aromatic amines is 1. The summed E-state index contributed by atoms with van der Waals surface area (Å²) in [6.45, 7) is 2.39. The van der Waals surface area contributed by atoms with Crippen LogP contribution in [0.2, 0.25) is 0 Å². The van der Waals surface area contributed by atoms with Crippen molar-refractivity contribution in [2.24, 2.45) is 5.73 Å². The number of rotatable bonds is 8. The first kappa shape index (κ1) is 26.0. The number of hydrogen-bond acceptors (Lipinski definition) is 10. The molecule has 41 heavy (non-hydrogen) atoms. The zero-order valence-electron chi connectivity index (χ0n) is 22.3. The largest absolute Gasteiger partial charge is 0.411 e. The minimum Gasteiger partial charge on any atom is -0.391 e. The van der Waals surface area contributed by atoms with Crippen LogP contribution in [-0.4, -0.2) is 64.5 Å². The van der Waals surface area contributed by atoms with E-state index in [0.717, 1.165) is 22.4 Å². The normalized spacial score (nSPS) is 14.2. The quantitative estimate of drug-likeness (QED) is 0.288. The highest BCUT2D eigenvalue weighted by atomic mass is 16.6. The van der Waals surface area contributed by atoms with Gasteiger partial charge in [-0.2, -0.15) is 4.68 Å². The van der Waals surface area contributed by atoms with E-state index in [9.17, 15) is 9.59 Å². The van der Waals surface area contributed by atoms with Gasteiger partial charge in [-0.3, -0.25) is 9.36 Å². The van der Waals surface area contributed by atoms with Crippen molar-refractivity contribution in [3.05, 3.63) is 82.2 Å². The molecule has 5 heterocycles. The Bertz CT molecular complexity index is 1790. The number of nitrogens with two attached hydrogens (primary N) is 1. The number of imidazole rings is 1. The topological polar surface area (TPSA) is 182 Å². The molecule has 3 N–H and O–H groups in total. The van der Waals surface area contributed by atoms with Crippen molar-refractivity contribution in [2.45, 2.75) is 32.2 Å². The fourth-order valence-corrected chi connectivity index (χ4v) is 5.04. The predicted octanol–water partition coefficient (Wildman–Crippen LogP) is 2.16. The van der Waals surface area contributed by atoms with Gasteiger partial charge in [0.1, 0.15) is 18.0 Å². The summed E-state index contributed by atoms with van der Waals surface area (Å²) in [4.78, 5) is 41.8. The molecule has 0 spiro atoms. The highest BCUT2D eigenvalue weighted by molar-refractivity contribution is 5.71. The minimum absolute atomic E-state index is 0.132. The smallest absolute Gasteiger partial charge is 0.391 e. The van der Waals surface area contributed by atoms with E-state index < -0.39 is 6.09 Å². The maximum Gasteiger partial charge on any atom is 0.411 e. The summed E-state index contributed by atoms with van der Waals surface area (Å²) in [7, 11) is 1.58. The molecule has 1 aliphatic rings. The Kier molecular flexibility index (Phi) is 6.81. The summed E-state index contributed by atoms with van der Waals surface area (Å²) in [6.07, 6.45) is 5.57. The van der Waals surface area contributed by atoms with Crippen LogP contribution >= 0.6 is 0 Å². The summed E-state index contributed by atoms with van der Waals surface area (Å²) < 4.78 is 13.4. The lowest BCUT2D eigenvalue weighted by molar-refractivity contribution is 0.198. The van der Waals surface area contributed by atoms with Gasteiger partial charge < -0.3 is 20.2 Å². The van der Waals surface area contributed by atoms with Crippen LogP contribution in [0, 0.1) is 6.92 Å². The number of nitrogens with one attached hydrogen (secondary N) is 1. The molecule has 1 aromatic carbocycles. The van der Waals surface area contributed by atoms with E-state index >= 15 is 0 Å². The first-order valence-corrected chi connectivity index (χ1v) is 12.9. The number of ether oxygens (including phenoxy) is 2. The summed E-state index contributed by atoms with van der Waals surface area (Å²) in [6, 6.07) is 8.91. The molecule has 0 radical (unpaired) electrons. The van der Waals surface area contributed by atoms with E-state index in [2.05, 4.69) is 30.5 Å². The Morgan fingerprint density at radius 2 is 2.07 bits per heavy atom. The van der Waals surface area contributed by atoms with Gasteiger partial charge in [-0.15, -0.1) is 5.10 Å². The predicted molar refractivity (Wildman–Crippen MR) is 145 cm³/mol. The van der Waals surface area contributed by atoms with Gasteiger partial charge in [0.05, 0.1) is 35.9 Å². The number of hydrogen-bond donors (Lipinski definition) is 2. The zero-order chi connectivity index (χ0) is 28.5. The number of pyridine rings is 1. The lowest BCUT2D eigenvalue weighted by Gasteiger charge is -2.14. The van der Waals surface area contributed by atoms with Crippen LogP contribution < -0.4 is 16.0 Å². The third-order valence-electron chi connectivity index (χ3n) is 6.92. The van der Waals surface area contributed by atoms with Crippen LogP contribution in [0.3, 0.4) is 0 Å². The third kappa shape index (κ3) is 5.07. The number of aryl methyl sites for hydroxylation is 2. The average molecular weight is 555 g/mol. The fourth-order valence-electron chi connectivity index (χ4n) is 5.04. The molecular formula is C27H26N10O4. The summed E-state index contributed by atoms with van der Waals surface area (Å²) in [5, 5.41) is 11.5. The van der Waals surface area contributed by atoms with Crippen LogP contribution in [0.1, 0.15) is 35.2 Å². The molecule has 4 aromatic heterocycles. The van der Waals surface area contributed by atoms with Crippen LogP contribution in [0.15, 0.2) is 53.8 Å². The van der Waals surface area contributed by atoms with E-state index in [-0.39, 0.29) is 17.5 Å². The first-order valence-electron chi connectivity index (χ1n) is 12.9. The number of nitrogens with zero attached hydrogens (tertiary/aromatic N) is 8. The number of amides is 1. The maximum absolute atomic E-state index is 13.5. The second-order valence-corrected chi connectivity index (χ2v) is 9.63. The van der Waals surface area contributed by atoms with Crippen molar-refractivity contribution in [2.75, 3.05) is 13.7 Å². The fraction of sp³-hybridized carbons (Fsp3) is 0.259. The Morgan fingerprint density at radius 1 is 1.20 bits per heavy atom. The number of H-pyrrole nitrogens is 1. The number of aromatic nitrogens is 9. The van der Waals surface area contributed by atoms with Crippen LogP contribution in [-0.2, 0) is 17.6 Å². The van der Waals surface area contributed by atoms with Gasteiger partial charge in [0.15, 0.2) is 0 Å². The number of carbonyl (C=O) groups excluding carboxylic acids is 1. The minimum atomic E-state index is -0.941. The monoisotopic (exact) mass is 554 g/mol. The van der Waals surface area contributed by atoms with Crippen molar-refractivity contribution < 1.29 is 14.3 Å². The Hall–Kier alpha value is -5.24. The Balaban J connectivity index is 1.32. The third-order valence-corrected chi connectivity index (χ3v) is 6.92. The lowest BCUT2D eigenvalue weighted by Crippen LogP contribution is -2.25. The molecule has 208 valence electrons. The summed E-state index contributed by atoms with van der Waals surface area (Å²) in [5.41, 5.74) is 10.2. The van der Waals surface area contributed by atoms with Crippen LogP contribution in [0.25, 0.3) is 28.2 Å². The molecule has 0 unspecified atom stereocenters. The summed E-state index contributed by atoms with van der Waals surface area (Å²) in [5.74, 6) is 1.44. The first-order chi connectivity index (χ1) is 19.9. The molecule has 0 fully saturated rings. The Morgan fingerprint density at radius 3 is 2.85 bits per heavy atom. The van der Waals surface area contributed by atoms with Crippen LogP contribution in [0.4, 0.5) is 4.79 Å². The van der Waals surface area contributed by atoms with Crippen molar-refractivity contribution in [3.63, 3.8) is 0 Å². The molecule has 5 aromatic rings. The highest BCUT2D eigenvalue weighted by Gasteiger charge is 2.29. The summed E-state index contributed by atoms with van der Waals surface area (Å²) >= 11 is 0. The van der Waals surface area contributed by atoms with Gasteiger partial charge in [0.25, 0.3) is 5.56 Å². The number of benzene rings is 1. The van der Waals surface area contributed by atoms with Gasteiger partial charge >= 0.3 is 6.09 Å². The molecule has 0 bridgehead atoms. The standard InChI is InChI=1S/C27H26N10O4/c1-15-3-4-21(36-14-31-34-35-36)18(9-15)19-11-24(38)37-22(5-6-23(37)32-19)25-29-13-20(33-25)17-10-16(7-8-40-2)26(30-12-17)41-27(28)39/h3-4,9-14,22H,5-8H2,1-2H3,(H2,28,39)(H,29,33)/t22-/m0/s1. The average Bonchev–Trinajstić information content (AvgIpc) is 3.73. The molecule has 1 amide bonds. The van der Waals surface area contributed by atoms with Crippen molar-refractivity contribution in [1.82, 2.24) is 44.7 Å². The molecular weight excluding hydrogens is 528 g/mol. The molecule has 14 nitrogen and oxygen atoms in total. The van der Waals surface area contributed by atoms with E-state index in [1.54, 1.807) is 28.8 Å². The number of primary amides is 1. The SMILES string of the molecule is COCCc1cc(-c2cnc([C@@H]3CCc4nc(-c5cc(C)ccc5-n5cnnn5)cc(=O)n43)[nH]2)cnc1OC(N)=O. The molecule has 6 rings (SSSR count). The maximum atomic E-state index is 13.5. The van der Waals surface area contributed by atoms with E-state index in [1.807, 2.05) is 31.2 Å². The van der Waals surface area contributed by atoms with Crippen molar-refractivity contribution >= 4 is 6.09 Å². The Labute approximate surface area is 233 Å².